The first-order valence-electron chi connectivity index (χ1n) is 15.7. The summed E-state index contributed by atoms with van der Waals surface area (Å²) in [6.45, 7) is 2.45. The van der Waals surface area contributed by atoms with Crippen molar-refractivity contribution in [2.45, 2.75) is 38.5 Å². The lowest BCUT2D eigenvalue weighted by Crippen LogP contribution is -2.41. The summed E-state index contributed by atoms with van der Waals surface area (Å²) in [7, 11) is -3.71. The van der Waals surface area contributed by atoms with Gasteiger partial charge in [0.25, 0.3) is 5.91 Å². The molecule has 48 heavy (non-hydrogen) atoms. The topological polar surface area (TPSA) is 129 Å². The van der Waals surface area contributed by atoms with Crippen molar-refractivity contribution in [2.24, 2.45) is 0 Å². The van der Waals surface area contributed by atoms with E-state index in [9.17, 15) is 23.4 Å². The molecule has 1 amide bonds. The summed E-state index contributed by atoms with van der Waals surface area (Å²) in [5.41, 5.74) is 3.41. The highest BCUT2D eigenvalue weighted by Gasteiger charge is 2.23. The van der Waals surface area contributed by atoms with Crippen LogP contribution < -0.4 is 9.46 Å². The van der Waals surface area contributed by atoms with Gasteiger partial charge in [-0.1, -0.05) is 73.1 Å². The molecular formula is C37H38ClN3O6S. The third kappa shape index (κ3) is 9.40. The van der Waals surface area contributed by atoms with E-state index in [1.54, 1.807) is 37.4 Å². The van der Waals surface area contributed by atoms with Crippen LogP contribution in [0.25, 0.3) is 10.9 Å². The first-order chi connectivity index (χ1) is 23.1. The molecule has 250 valence electrons. The van der Waals surface area contributed by atoms with Crippen LogP contribution in [0.4, 0.5) is 0 Å². The number of nitrogens with zero attached hydrogens (tertiary/aromatic N) is 2. The van der Waals surface area contributed by atoms with Gasteiger partial charge in [0.1, 0.15) is 11.5 Å². The minimum absolute atomic E-state index is 0.110. The van der Waals surface area contributed by atoms with E-state index in [-0.39, 0.29) is 24.0 Å². The van der Waals surface area contributed by atoms with Crippen molar-refractivity contribution in [3.05, 3.63) is 137 Å². The number of pyridine rings is 1. The second kappa shape index (κ2) is 16.2. The van der Waals surface area contributed by atoms with Gasteiger partial charge in [-0.2, -0.15) is 0 Å². The fourth-order valence-corrected chi connectivity index (χ4v) is 6.71. The van der Waals surface area contributed by atoms with E-state index in [4.69, 9.17) is 16.3 Å². The van der Waals surface area contributed by atoms with E-state index in [0.717, 1.165) is 11.1 Å². The monoisotopic (exact) mass is 687 g/mol. The number of hydrogen-bond donors (Lipinski definition) is 3. The van der Waals surface area contributed by atoms with E-state index in [0.29, 0.717) is 58.9 Å². The Morgan fingerprint density at radius 3 is 2.44 bits per heavy atom. The molecule has 9 nitrogen and oxygen atoms in total. The first kappa shape index (κ1) is 35.0. The number of benzene rings is 4. The maximum absolute atomic E-state index is 12.6. The normalized spacial score (nSPS) is 12.9. The number of amides is 1. The Bertz CT molecular complexity index is 1940. The van der Waals surface area contributed by atoms with Crippen LogP contribution in [0.2, 0.25) is 5.02 Å². The third-order valence-corrected chi connectivity index (χ3v) is 9.58. The Labute approximate surface area is 285 Å². The Balaban J connectivity index is 1.30. The summed E-state index contributed by atoms with van der Waals surface area (Å²) >= 11 is 6.18. The van der Waals surface area contributed by atoms with Crippen LogP contribution in [0, 0.1) is 0 Å². The molecule has 3 N–H and O–H groups in total. The Kier molecular flexibility index (Phi) is 11.8. The summed E-state index contributed by atoms with van der Waals surface area (Å²) in [6.07, 6.45) is 1.69. The van der Waals surface area contributed by atoms with Gasteiger partial charge in [-0.15, -0.1) is 0 Å². The molecule has 2 atom stereocenters. The molecule has 0 unspecified atom stereocenters. The molecule has 0 saturated carbocycles. The lowest BCUT2D eigenvalue weighted by atomic mass is 10.0. The summed E-state index contributed by atoms with van der Waals surface area (Å²) < 4.78 is 32.4. The van der Waals surface area contributed by atoms with Gasteiger partial charge in [-0.05, 0) is 78.1 Å². The zero-order chi connectivity index (χ0) is 34.1. The van der Waals surface area contributed by atoms with E-state index in [2.05, 4.69) is 14.6 Å². The smallest absolute Gasteiger partial charge is 0.264 e. The highest BCUT2D eigenvalue weighted by molar-refractivity contribution is 7.90. The molecule has 5 aromatic rings. The molecule has 0 aliphatic heterocycles. The van der Waals surface area contributed by atoms with Gasteiger partial charge in [0.15, 0.2) is 0 Å². The number of aliphatic hydroxyl groups is 2. The number of rotatable bonds is 15. The van der Waals surface area contributed by atoms with Crippen LogP contribution in [-0.4, -0.2) is 59.4 Å². The second-order valence-corrected chi connectivity index (χ2v) is 13.8. The standard InChI is InChI=1S/C37H38ClN3O6S/c1-2-19-48(45,46)40-37(44)29-13-16-33-34(22-29)39-18-17-36(33)47-32-14-11-26(12-15-32)20-31(25-42)41(23-27-7-4-3-5-8-27)24-35(43)28-9-6-10-30(38)21-28/h3-18,21-22,31,35,42-43H,2,19-20,23-25H2,1H3,(H,40,44)/t31-,35+/m0/s1. The van der Waals surface area contributed by atoms with Gasteiger partial charge in [0.05, 0.1) is 24.0 Å². The van der Waals surface area contributed by atoms with E-state index in [1.807, 2.05) is 66.7 Å². The average molecular weight is 688 g/mol. The fraction of sp³-hybridized carbons (Fsp3) is 0.243. The van der Waals surface area contributed by atoms with Gasteiger partial charge in [-0.3, -0.25) is 14.7 Å². The summed E-state index contributed by atoms with van der Waals surface area (Å²) in [6, 6.07) is 30.9. The molecule has 0 fully saturated rings. The zero-order valence-electron chi connectivity index (χ0n) is 26.5. The maximum atomic E-state index is 12.6. The number of hydrogen-bond acceptors (Lipinski definition) is 8. The molecule has 0 aliphatic rings. The van der Waals surface area contributed by atoms with Crippen LogP contribution in [-0.2, 0) is 23.0 Å². The largest absolute Gasteiger partial charge is 0.457 e. The van der Waals surface area contributed by atoms with Crippen molar-refractivity contribution in [1.82, 2.24) is 14.6 Å². The van der Waals surface area contributed by atoms with Gasteiger partial charge < -0.3 is 14.9 Å². The predicted octanol–water partition coefficient (Wildman–Crippen LogP) is 6.29. The predicted molar refractivity (Wildman–Crippen MR) is 188 cm³/mol. The molecule has 0 radical (unpaired) electrons. The molecule has 5 rings (SSSR count). The fourth-order valence-electron chi connectivity index (χ4n) is 5.48. The number of sulfonamides is 1. The molecular weight excluding hydrogens is 650 g/mol. The quantitative estimate of drug-likeness (QED) is 0.117. The van der Waals surface area contributed by atoms with Crippen molar-refractivity contribution in [3.8, 4) is 11.5 Å². The highest BCUT2D eigenvalue weighted by atomic mass is 35.5. The van der Waals surface area contributed by atoms with Crippen molar-refractivity contribution in [1.29, 1.82) is 0 Å². The van der Waals surface area contributed by atoms with Crippen LogP contribution in [0.1, 0.15) is 46.5 Å². The number of carbonyl (C=O) groups is 1. The molecule has 0 aliphatic carbocycles. The lowest BCUT2D eigenvalue weighted by Gasteiger charge is -2.32. The van der Waals surface area contributed by atoms with E-state index >= 15 is 0 Å². The van der Waals surface area contributed by atoms with Crippen molar-refractivity contribution < 1.29 is 28.2 Å². The number of ether oxygens (including phenoxy) is 1. The lowest BCUT2D eigenvalue weighted by molar-refractivity contribution is 0.0566. The SMILES string of the molecule is CCCS(=O)(=O)NC(=O)c1ccc2c(Oc3ccc(C[C@@H](CO)N(Cc4ccccc4)C[C@@H](O)c4cccc(Cl)c4)cc3)ccnc2c1. The maximum Gasteiger partial charge on any atom is 0.264 e. The first-order valence-corrected chi connectivity index (χ1v) is 17.7. The molecule has 1 heterocycles. The van der Waals surface area contributed by atoms with Crippen molar-refractivity contribution >= 4 is 38.4 Å². The van der Waals surface area contributed by atoms with Gasteiger partial charge in [0, 0.05) is 41.3 Å². The number of nitrogens with one attached hydrogen (secondary N) is 1. The summed E-state index contributed by atoms with van der Waals surface area (Å²) in [4.78, 5) is 19.0. The van der Waals surface area contributed by atoms with Crippen molar-refractivity contribution in [3.63, 3.8) is 0 Å². The number of halogens is 1. The molecule has 0 bridgehead atoms. The number of aromatic nitrogens is 1. The Morgan fingerprint density at radius 2 is 1.73 bits per heavy atom. The number of fused-ring (bicyclic) bond motifs is 1. The zero-order valence-corrected chi connectivity index (χ0v) is 28.1. The molecule has 4 aromatic carbocycles. The van der Waals surface area contributed by atoms with Gasteiger partial charge >= 0.3 is 0 Å². The number of carbonyl (C=O) groups excluding carboxylic acids is 1. The van der Waals surface area contributed by atoms with E-state index < -0.39 is 22.0 Å². The Morgan fingerprint density at radius 1 is 0.958 bits per heavy atom. The summed E-state index contributed by atoms with van der Waals surface area (Å²) in [5, 5.41) is 22.8. The van der Waals surface area contributed by atoms with Crippen LogP contribution >= 0.6 is 11.6 Å². The number of aliphatic hydroxyl groups excluding tert-OH is 2. The minimum atomic E-state index is -3.71. The molecule has 0 spiro atoms. The summed E-state index contributed by atoms with van der Waals surface area (Å²) in [5.74, 6) is 0.255. The molecule has 11 heteroatoms. The molecule has 1 aromatic heterocycles. The average Bonchev–Trinajstić information content (AvgIpc) is 3.07. The third-order valence-electron chi connectivity index (χ3n) is 7.90. The molecule has 0 saturated heterocycles. The van der Waals surface area contributed by atoms with Crippen molar-refractivity contribution in [2.75, 3.05) is 18.9 Å². The highest BCUT2D eigenvalue weighted by Crippen LogP contribution is 2.30. The Hall–Kier alpha value is -4.32. The van der Waals surface area contributed by atoms with Crippen LogP contribution in [0.5, 0.6) is 11.5 Å². The van der Waals surface area contributed by atoms with Gasteiger partial charge in [-0.25, -0.2) is 13.1 Å². The van der Waals surface area contributed by atoms with Crippen LogP contribution in [0.3, 0.4) is 0 Å². The minimum Gasteiger partial charge on any atom is -0.457 e. The van der Waals surface area contributed by atoms with E-state index in [1.165, 1.54) is 12.1 Å². The van der Waals surface area contributed by atoms with Gasteiger partial charge in [0.2, 0.25) is 10.0 Å². The van der Waals surface area contributed by atoms with Crippen LogP contribution in [0.15, 0.2) is 109 Å². The second-order valence-electron chi connectivity index (χ2n) is 11.6.